The van der Waals surface area contributed by atoms with E-state index in [4.69, 9.17) is 5.26 Å². The fraction of sp³-hybridized carbons (Fsp3) is 0.273. The molecule has 0 radical (unpaired) electrons. The number of hydrogen-bond acceptors (Lipinski definition) is 2. The Morgan fingerprint density at radius 1 is 1.29 bits per heavy atom. The molecule has 0 unspecified atom stereocenters. The predicted octanol–water partition coefficient (Wildman–Crippen LogP) is 2.66. The Hall–Kier alpha value is -2.03. The van der Waals surface area contributed by atoms with E-state index in [1.165, 1.54) is 0 Å². The van der Waals surface area contributed by atoms with Gasteiger partial charge in [0.1, 0.15) is 12.4 Å². The average Bonchev–Trinajstić information content (AvgIpc) is 2.56. The Bertz CT molecular complexity index is 578. The highest BCUT2D eigenvalue weighted by Crippen LogP contribution is 2.23. The summed E-state index contributed by atoms with van der Waals surface area (Å²) < 4.78 is 38.3. The topological polar surface area (TPSA) is 41.6 Å². The summed E-state index contributed by atoms with van der Waals surface area (Å²) in [4.78, 5) is 4.03. The SMILES string of the molecule is N#CCc1nc2ccccc2n1CC(F)(F)F. The van der Waals surface area contributed by atoms with Gasteiger partial charge in [-0.1, -0.05) is 12.1 Å². The number of alkyl halides is 3. The predicted molar refractivity (Wildman–Crippen MR) is 55.1 cm³/mol. The molecular weight excluding hydrogens is 231 g/mol. The number of benzene rings is 1. The number of halogens is 3. The fourth-order valence-corrected chi connectivity index (χ4v) is 1.69. The first-order valence-electron chi connectivity index (χ1n) is 4.89. The Kier molecular flexibility index (Phi) is 2.76. The van der Waals surface area contributed by atoms with Crippen molar-refractivity contribution in [2.24, 2.45) is 0 Å². The maximum absolute atomic E-state index is 12.4. The molecule has 0 saturated heterocycles. The Morgan fingerprint density at radius 3 is 2.65 bits per heavy atom. The Balaban J connectivity index is 2.56. The maximum Gasteiger partial charge on any atom is 0.406 e. The average molecular weight is 239 g/mol. The summed E-state index contributed by atoms with van der Waals surface area (Å²) in [6, 6.07) is 8.36. The molecular formula is C11H8F3N3. The van der Waals surface area contributed by atoms with Gasteiger partial charge in [-0.05, 0) is 12.1 Å². The third-order valence-corrected chi connectivity index (χ3v) is 2.31. The summed E-state index contributed by atoms with van der Waals surface area (Å²) >= 11 is 0. The monoisotopic (exact) mass is 239 g/mol. The molecule has 0 amide bonds. The minimum Gasteiger partial charge on any atom is -0.318 e. The van der Waals surface area contributed by atoms with Gasteiger partial charge in [0.15, 0.2) is 0 Å². The van der Waals surface area contributed by atoms with E-state index in [9.17, 15) is 13.2 Å². The zero-order chi connectivity index (χ0) is 12.5. The molecule has 1 heterocycles. The normalized spacial score (nSPS) is 11.6. The van der Waals surface area contributed by atoms with Gasteiger partial charge < -0.3 is 4.57 Å². The molecule has 2 rings (SSSR count). The van der Waals surface area contributed by atoms with Gasteiger partial charge in [0.2, 0.25) is 0 Å². The van der Waals surface area contributed by atoms with Crippen LogP contribution in [-0.4, -0.2) is 15.7 Å². The lowest BCUT2D eigenvalue weighted by Gasteiger charge is -2.10. The Labute approximate surface area is 95.1 Å². The second-order valence-corrected chi connectivity index (χ2v) is 3.55. The number of para-hydroxylation sites is 2. The van der Waals surface area contributed by atoms with Crippen molar-refractivity contribution in [2.45, 2.75) is 19.1 Å². The van der Waals surface area contributed by atoms with Crippen molar-refractivity contribution in [3.05, 3.63) is 30.1 Å². The van der Waals surface area contributed by atoms with E-state index in [0.29, 0.717) is 11.0 Å². The molecule has 17 heavy (non-hydrogen) atoms. The first-order chi connectivity index (χ1) is 8.01. The smallest absolute Gasteiger partial charge is 0.318 e. The maximum atomic E-state index is 12.4. The van der Waals surface area contributed by atoms with Crippen LogP contribution in [0.4, 0.5) is 13.2 Å². The highest BCUT2D eigenvalue weighted by atomic mass is 19.4. The minimum absolute atomic E-state index is 0.134. The van der Waals surface area contributed by atoms with Crippen molar-refractivity contribution >= 4 is 11.0 Å². The van der Waals surface area contributed by atoms with Gasteiger partial charge in [-0.25, -0.2) is 4.98 Å². The molecule has 0 spiro atoms. The number of rotatable bonds is 2. The third-order valence-electron chi connectivity index (χ3n) is 2.31. The molecule has 0 aliphatic rings. The van der Waals surface area contributed by atoms with Crippen LogP contribution in [0.5, 0.6) is 0 Å². The number of aromatic nitrogens is 2. The molecule has 88 valence electrons. The van der Waals surface area contributed by atoms with Crippen molar-refractivity contribution in [1.82, 2.24) is 9.55 Å². The van der Waals surface area contributed by atoms with Crippen LogP contribution in [0.15, 0.2) is 24.3 Å². The summed E-state index contributed by atoms with van der Waals surface area (Å²) in [6.07, 6.45) is -4.46. The number of fused-ring (bicyclic) bond motifs is 1. The molecule has 1 aromatic carbocycles. The van der Waals surface area contributed by atoms with E-state index in [1.807, 2.05) is 6.07 Å². The van der Waals surface area contributed by atoms with Crippen LogP contribution in [0, 0.1) is 11.3 Å². The van der Waals surface area contributed by atoms with Gasteiger partial charge >= 0.3 is 6.18 Å². The lowest BCUT2D eigenvalue weighted by molar-refractivity contribution is -0.140. The second-order valence-electron chi connectivity index (χ2n) is 3.55. The van der Waals surface area contributed by atoms with Crippen LogP contribution in [0.1, 0.15) is 5.82 Å². The highest BCUT2D eigenvalue weighted by molar-refractivity contribution is 5.76. The van der Waals surface area contributed by atoms with Gasteiger partial charge in [-0.2, -0.15) is 18.4 Å². The second kappa shape index (κ2) is 4.09. The first kappa shape index (κ1) is 11.5. The van der Waals surface area contributed by atoms with Crippen LogP contribution < -0.4 is 0 Å². The highest BCUT2D eigenvalue weighted by Gasteiger charge is 2.30. The summed E-state index contributed by atoms with van der Waals surface area (Å²) in [7, 11) is 0. The molecule has 2 aromatic rings. The summed E-state index contributed by atoms with van der Waals surface area (Å²) in [6.45, 7) is -1.12. The molecule has 0 aliphatic heterocycles. The van der Waals surface area contributed by atoms with Crippen LogP contribution in [-0.2, 0) is 13.0 Å². The molecule has 6 heteroatoms. The molecule has 3 nitrogen and oxygen atoms in total. The van der Waals surface area contributed by atoms with Crippen LogP contribution in [0.2, 0.25) is 0 Å². The van der Waals surface area contributed by atoms with Crippen LogP contribution in [0.25, 0.3) is 11.0 Å². The number of nitriles is 1. The van der Waals surface area contributed by atoms with Gasteiger partial charge in [0.05, 0.1) is 23.5 Å². The summed E-state index contributed by atoms with van der Waals surface area (Å²) in [5.41, 5.74) is 0.872. The largest absolute Gasteiger partial charge is 0.406 e. The van der Waals surface area contributed by atoms with Crippen LogP contribution in [0.3, 0.4) is 0 Å². The van der Waals surface area contributed by atoms with E-state index in [0.717, 1.165) is 4.57 Å². The van der Waals surface area contributed by atoms with E-state index >= 15 is 0 Å². The standard InChI is InChI=1S/C11H8F3N3/c12-11(13,14)7-17-9-4-2-1-3-8(9)16-10(17)5-6-15/h1-4H,5,7H2. The van der Waals surface area contributed by atoms with Gasteiger partial charge in [0, 0.05) is 0 Å². The van der Waals surface area contributed by atoms with Crippen molar-refractivity contribution in [3.63, 3.8) is 0 Å². The fourth-order valence-electron chi connectivity index (χ4n) is 1.69. The van der Waals surface area contributed by atoms with E-state index < -0.39 is 12.7 Å². The Morgan fingerprint density at radius 2 is 2.00 bits per heavy atom. The van der Waals surface area contributed by atoms with Gasteiger partial charge in [-0.15, -0.1) is 0 Å². The van der Waals surface area contributed by atoms with Crippen LogP contribution >= 0.6 is 0 Å². The van der Waals surface area contributed by atoms with Crippen molar-refractivity contribution < 1.29 is 13.2 Å². The zero-order valence-corrected chi connectivity index (χ0v) is 8.70. The van der Waals surface area contributed by atoms with Crippen molar-refractivity contribution in [3.8, 4) is 6.07 Å². The van der Waals surface area contributed by atoms with E-state index in [2.05, 4.69) is 4.98 Å². The summed E-state index contributed by atoms with van der Waals surface area (Å²) in [5.74, 6) is 0.144. The first-order valence-corrected chi connectivity index (χ1v) is 4.89. The number of hydrogen-bond donors (Lipinski definition) is 0. The van der Waals surface area contributed by atoms with Crippen molar-refractivity contribution in [1.29, 1.82) is 5.26 Å². The molecule has 0 bridgehead atoms. The molecule has 0 N–H and O–H groups in total. The van der Waals surface area contributed by atoms with Gasteiger partial charge in [0.25, 0.3) is 0 Å². The lowest BCUT2D eigenvalue weighted by atomic mass is 10.3. The summed E-state index contributed by atoms with van der Waals surface area (Å²) in [5, 5.41) is 8.58. The molecule has 1 aromatic heterocycles. The van der Waals surface area contributed by atoms with E-state index in [-0.39, 0.29) is 12.2 Å². The van der Waals surface area contributed by atoms with Crippen molar-refractivity contribution in [2.75, 3.05) is 0 Å². The molecule has 0 saturated carbocycles. The lowest BCUT2D eigenvalue weighted by Crippen LogP contribution is -2.19. The van der Waals surface area contributed by atoms with E-state index in [1.54, 1.807) is 24.3 Å². The number of imidazole rings is 1. The quantitative estimate of drug-likeness (QED) is 0.808. The molecule has 0 fully saturated rings. The number of nitrogens with zero attached hydrogens (tertiary/aromatic N) is 3. The minimum atomic E-state index is -4.33. The molecule has 0 atom stereocenters. The zero-order valence-electron chi connectivity index (χ0n) is 8.70. The van der Waals surface area contributed by atoms with Gasteiger partial charge in [-0.3, -0.25) is 0 Å². The molecule has 0 aliphatic carbocycles. The third kappa shape index (κ3) is 2.38.